The van der Waals surface area contributed by atoms with Crippen LogP contribution in [-0.2, 0) is 0 Å². The number of likely N-dealkylation sites (tertiary alicyclic amines) is 1. The van der Waals surface area contributed by atoms with Crippen LogP contribution in [0.25, 0.3) is 0 Å². The van der Waals surface area contributed by atoms with Crippen molar-refractivity contribution in [3.05, 3.63) is 34.9 Å². The number of halogens is 2. The third-order valence-corrected chi connectivity index (χ3v) is 3.49. The van der Waals surface area contributed by atoms with Crippen LogP contribution >= 0.6 is 24.0 Å². The van der Waals surface area contributed by atoms with Gasteiger partial charge in [0.1, 0.15) is 0 Å². The lowest BCUT2D eigenvalue weighted by Gasteiger charge is -2.20. The highest BCUT2D eigenvalue weighted by Crippen LogP contribution is 2.21. The van der Waals surface area contributed by atoms with Gasteiger partial charge in [0.2, 0.25) is 0 Å². The molecule has 2 unspecified atom stereocenters. The Kier molecular flexibility index (Phi) is 5.74. The van der Waals surface area contributed by atoms with Crippen LogP contribution in [0.1, 0.15) is 24.8 Å². The molecule has 0 spiro atoms. The van der Waals surface area contributed by atoms with Crippen LogP contribution in [0.3, 0.4) is 0 Å². The average molecular weight is 275 g/mol. The molecule has 2 atom stereocenters. The summed E-state index contributed by atoms with van der Waals surface area (Å²) in [5.41, 5.74) is 7.21. The molecule has 0 aromatic heterocycles. The van der Waals surface area contributed by atoms with Gasteiger partial charge in [-0.15, -0.1) is 12.4 Å². The van der Waals surface area contributed by atoms with E-state index in [9.17, 15) is 0 Å². The Hall–Kier alpha value is -0.280. The van der Waals surface area contributed by atoms with Crippen LogP contribution in [0.2, 0.25) is 5.02 Å². The molecule has 0 amide bonds. The van der Waals surface area contributed by atoms with Gasteiger partial charge in [0.05, 0.1) is 0 Å². The maximum atomic E-state index is 6.00. The highest BCUT2D eigenvalue weighted by atomic mass is 35.5. The topological polar surface area (TPSA) is 29.3 Å². The normalized spacial score (nSPS) is 22.2. The van der Waals surface area contributed by atoms with Crippen molar-refractivity contribution in [2.75, 3.05) is 19.6 Å². The van der Waals surface area contributed by atoms with Crippen LogP contribution < -0.4 is 5.73 Å². The van der Waals surface area contributed by atoms with E-state index in [4.69, 9.17) is 17.3 Å². The summed E-state index contributed by atoms with van der Waals surface area (Å²) in [6.45, 7) is 5.49. The molecular formula is C13H20Cl2N2. The van der Waals surface area contributed by atoms with Crippen molar-refractivity contribution in [1.82, 2.24) is 4.90 Å². The van der Waals surface area contributed by atoms with E-state index in [0.29, 0.717) is 12.0 Å². The van der Waals surface area contributed by atoms with Gasteiger partial charge in [0.15, 0.2) is 0 Å². The van der Waals surface area contributed by atoms with Gasteiger partial charge in [-0.05, 0) is 36.6 Å². The minimum Gasteiger partial charge on any atom is -0.326 e. The number of nitrogens with zero attached hydrogens (tertiary/aromatic N) is 1. The van der Waals surface area contributed by atoms with Crippen molar-refractivity contribution < 1.29 is 0 Å². The molecule has 0 saturated carbocycles. The van der Waals surface area contributed by atoms with Crippen molar-refractivity contribution in [2.24, 2.45) is 5.73 Å². The zero-order valence-electron chi connectivity index (χ0n) is 10.1. The summed E-state index contributed by atoms with van der Waals surface area (Å²) < 4.78 is 0. The fourth-order valence-corrected chi connectivity index (χ4v) is 2.53. The second-order valence-corrected chi connectivity index (χ2v) is 5.20. The summed E-state index contributed by atoms with van der Waals surface area (Å²) in [6, 6.07) is 8.51. The number of hydrogen-bond acceptors (Lipinski definition) is 2. The van der Waals surface area contributed by atoms with Gasteiger partial charge in [-0.1, -0.05) is 30.7 Å². The molecule has 1 aliphatic rings. The minimum absolute atomic E-state index is 0. The summed E-state index contributed by atoms with van der Waals surface area (Å²) in [7, 11) is 0. The molecule has 1 aromatic rings. The smallest absolute Gasteiger partial charge is 0.0408 e. The zero-order chi connectivity index (χ0) is 11.5. The van der Waals surface area contributed by atoms with Crippen molar-refractivity contribution in [2.45, 2.75) is 25.3 Å². The van der Waals surface area contributed by atoms with Gasteiger partial charge in [-0.25, -0.2) is 0 Å². The lowest BCUT2D eigenvalue weighted by Crippen LogP contribution is -2.29. The molecule has 4 heteroatoms. The third-order valence-electron chi connectivity index (χ3n) is 3.26. The molecule has 1 aromatic carbocycles. The summed E-state index contributed by atoms with van der Waals surface area (Å²) in [6.07, 6.45) is 1.13. The lowest BCUT2D eigenvalue weighted by molar-refractivity contribution is 0.317. The second kappa shape index (κ2) is 6.60. The van der Waals surface area contributed by atoms with Crippen LogP contribution in [0.4, 0.5) is 0 Å². The van der Waals surface area contributed by atoms with E-state index in [0.717, 1.165) is 31.1 Å². The predicted octanol–water partition coefficient (Wildman–Crippen LogP) is 2.90. The highest BCUT2D eigenvalue weighted by Gasteiger charge is 2.20. The molecule has 17 heavy (non-hydrogen) atoms. The molecule has 2 N–H and O–H groups in total. The summed E-state index contributed by atoms with van der Waals surface area (Å²) in [5, 5.41) is 0.822. The fraction of sp³-hybridized carbons (Fsp3) is 0.538. The van der Waals surface area contributed by atoms with Crippen LogP contribution in [0.5, 0.6) is 0 Å². The van der Waals surface area contributed by atoms with Crippen LogP contribution in [0.15, 0.2) is 24.3 Å². The summed E-state index contributed by atoms with van der Waals surface area (Å²) in [4.78, 5) is 2.44. The number of nitrogens with two attached hydrogens (primary N) is 1. The van der Waals surface area contributed by atoms with Gasteiger partial charge < -0.3 is 10.6 Å². The van der Waals surface area contributed by atoms with Gasteiger partial charge >= 0.3 is 0 Å². The van der Waals surface area contributed by atoms with Gasteiger partial charge in [-0.3, -0.25) is 0 Å². The fourth-order valence-electron chi connectivity index (χ4n) is 2.33. The molecule has 0 radical (unpaired) electrons. The van der Waals surface area contributed by atoms with Crippen LogP contribution in [-0.4, -0.2) is 30.6 Å². The van der Waals surface area contributed by atoms with E-state index in [1.807, 2.05) is 12.1 Å². The molecule has 2 rings (SSSR count). The second-order valence-electron chi connectivity index (χ2n) is 4.76. The molecule has 96 valence electrons. The quantitative estimate of drug-likeness (QED) is 0.919. The first-order valence-electron chi connectivity index (χ1n) is 5.88. The van der Waals surface area contributed by atoms with E-state index in [1.165, 1.54) is 5.56 Å². The van der Waals surface area contributed by atoms with Crippen molar-refractivity contribution in [3.63, 3.8) is 0 Å². The average Bonchev–Trinajstić information content (AvgIpc) is 2.64. The molecule has 1 heterocycles. The molecule has 0 aliphatic carbocycles. The minimum atomic E-state index is 0. The predicted molar refractivity (Wildman–Crippen MR) is 76.1 cm³/mol. The number of benzene rings is 1. The SMILES string of the molecule is CC(CN1CCC(N)C1)c1cccc(Cl)c1.Cl. The number of hydrogen-bond donors (Lipinski definition) is 1. The molecule has 2 nitrogen and oxygen atoms in total. The Morgan fingerprint density at radius 2 is 2.29 bits per heavy atom. The highest BCUT2D eigenvalue weighted by molar-refractivity contribution is 6.30. The maximum Gasteiger partial charge on any atom is 0.0408 e. The Bertz CT molecular complexity index is 357. The standard InChI is InChI=1S/C13H19ClN2.ClH/c1-10(8-16-6-5-13(15)9-16)11-3-2-4-12(14)7-11;/h2-4,7,10,13H,5-6,8-9,15H2,1H3;1H. The van der Waals surface area contributed by atoms with Gasteiger partial charge in [0, 0.05) is 24.2 Å². The van der Waals surface area contributed by atoms with Crippen molar-refractivity contribution >= 4 is 24.0 Å². The third kappa shape index (κ3) is 4.14. The molecule has 1 aliphatic heterocycles. The maximum absolute atomic E-state index is 6.00. The monoisotopic (exact) mass is 274 g/mol. The molecular weight excluding hydrogens is 255 g/mol. The first kappa shape index (κ1) is 14.8. The molecule has 0 bridgehead atoms. The first-order valence-corrected chi connectivity index (χ1v) is 6.26. The van der Waals surface area contributed by atoms with E-state index in [2.05, 4.69) is 24.0 Å². The van der Waals surface area contributed by atoms with Crippen molar-refractivity contribution in [1.29, 1.82) is 0 Å². The van der Waals surface area contributed by atoms with E-state index < -0.39 is 0 Å². The largest absolute Gasteiger partial charge is 0.326 e. The zero-order valence-corrected chi connectivity index (χ0v) is 11.7. The molecule has 1 saturated heterocycles. The first-order chi connectivity index (χ1) is 7.65. The van der Waals surface area contributed by atoms with E-state index >= 15 is 0 Å². The summed E-state index contributed by atoms with van der Waals surface area (Å²) in [5.74, 6) is 0.518. The Balaban J connectivity index is 0.00000144. The Labute approximate surface area is 115 Å². The summed E-state index contributed by atoms with van der Waals surface area (Å²) >= 11 is 6.00. The van der Waals surface area contributed by atoms with E-state index in [1.54, 1.807) is 0 Å². The number of rotatable bonds is 3. The van der Waals surface area contributed by atoms with Crippen LogP contribution in [0, 0.1) is 0 Å². The lowest BCUT2D eigenvalue weighted by atomic mass is 10.0. The molecule has 1 fully saturated rings. The van der Waals surface area contributed by atoms with Gasteiger partial charge in [0.25, 0.3) is 0 Å². The Morgan fingerprint density at radius 3 is 2.88 bits per heavy atom. The van der Waals surface area contributed by atoms with E-state index in [-0.39, 0.29) is 12.4 Å². The Morgan fingerprint density at radius 1 is 1.53 bits per heavy atom. The van der Waals surface area contributed by atoms with Gasteiger partial charge in [-0.2, -0.15) is 0 Å². The van der Waals surface area contributed by atoms with Crippen molar-refractivity contribution in [3.8, 4) is 0 Å².